The second kappa shape index (κ2) is 5.56. The summed E-state index contributed by atoms with van der Waals surface area (Å²) in [5.74, 6) is 1.40. The number of methoxy groups -OCH3 is 1. The summed E-state index contributed by atoms with van der Waals surface area (Å²) < 4.78 is 16.2. The van der Waals surface area contributed by atoms with Crippen molar-refractivity contribution in [3.63, 3.8) is 0 Å². The van der Waals surface area contributed by atoms with Crippen molar-refractivity contribution in [1.82, 2.24) is 5.32 Å². The summed E-state index contributed by atoms with van der Waals surface area (Å²) in [5, 5.41) is 3.02. The van der Waals surface area contributed by atoms with Gasteiger partial charge in [-0.15, -0.1) is 0 Å². The zero-order chi connectivity index (χ0) is 14.9. The maximum Gasteiger partial charge on any atom is 0.226 e. The van der Waals surface area contributed by atoms with Gasteiger partial charge in [0.25, 0.3) is 0 Å². The van der Waals surface area contributed by atoms with Crippen molar-refractivity contribution in [2.75, 3.05) is 33.5 Å². The minimum Gasteiger partial charge on any atom is -0.493 e. The van der Waals surface area contributed by atoms with Crippen molar-refractivity contribution in [3.05, 3.63) is 23.8 Å². The maximum atomic E-state index is 12.3. The molecule has 1 fully saturated rings. The van der Waals surface area contributed by atoms with Crippen LogP contribution >= 0.6 is 0 Å². The topological polar surface area (TPSA) is 56.8 Å². The second-order valence-corrected chi connectivity index (χ2v) is 6.18. The Balaban J connectivity index is 1.61. The monoisotopic (exact) mass is 291 g/mol. The number of carbonyl (C=O) groups is 1. The molecular formula is C16H21NO4. The first-order valence-corrected chi connectivity index (χ1v) is 7.25. The lowest BCUT2D eigenvalue weighted by Crippen LogP contribution is -2.50. The number of ether oxygens (including phenoxy) is 3. The molecule has 114 valence electrons. The molecule has 0 saturated carbocycles. The molecule has 0 unspecified atom stereocenters. The Morgan fingerprint density at radius 2 is 2.29 bits per heavy atom. The van der Waals surface area contributed by atoms with E-state index in [2.05, 4.69) is 12.2 Å². The summed E-state index contributed by atoms with van der Waals surface area (Å²) in [5.41, 5.74) is 1.12. The third kappa shape index (κ3) is 2.83. The fourth-order valence-electron chi connectivity index (χ4n) is 2.72. The van der Waals surface area contributed by atoms with Gasteiger partial charge in [-0.3, -0.25) is 4.79 Å². The fraction of sp³-hybridized carbons (Fsp3) is 0.562. The van der Waals surface area contributed by atoms with Gasteiger partial charge in [-0.25, -0.2) is 0 Å². The van der Waals surface area contributed by atoms with Crippen LogP contribution in [-0.4, -0.2) is 39.4 Å². The summed E-state index contributed by atoms with van der Waals surface area (Å²) in [6.07, 6.45) is 0.686. The summed E-state index contributed by atoms with van der Waals surface area (Å²) in [6, 6.07) is 5.78. The number of hydrogen-bond acceptors (Lipinski definition) is 4. The van der Waals surface area contributed by atoms with Gasteiger partial charge in [0, 0.05) is 12.0 Å². The molecule has 21 heavy (non-hydrogen) atoms. The van der Waals surface area contributed by atoms with E-state index in [4.69, 9.17) is 14.2 Å². The molecule has 0 aliphatic carbocycles. The highest BCUT2D eigenvalue weighted by molar-refractivity contribution is 5.79. The lowest BCUT2D eigenvalue weighted by molar-refractivity contribution is -0.131. The quantitative estimate of drug-likeness (QED) is 0.911. The van der Waals surface area contributed by atoms with Gasteiger partial charge in [0.15, 0.2) is 11.5 Å². The number of para-hydroxylation sites is 1. The molecule has 1 saturated heterocycles. The third-order valence-electron chi connectivity index (χ3n) is 4.14. The van der Waals surface area contributed by atoms with Gasteiger partial charge >= 0.3 is 0 Å². The van der Waals surface area contributed by atoms with Crippen LogP contribution in [0.3, 0.4) is 0 Å². The van der Waals surface area contributed by atoms with Crippen LogP contribution in [-0.2, 0) is 16.0 Å². The van der Waals surface area contributed by atoms with Gasteiger partial charge in [-0.1, -0.05) is 19.1 Å². The Bertz CT molecular complexity index is 539. The second-order valence-electron chi connectivity index (χ2n) is 6.18. The molecular weight excluding hydrogens is 270 g/mol. The highest BCUT2D eigenvalue weighted by atomic mass is 16.5. The molecule has 2 aliphatic rings. The van der Waals surface area contributed by atoms with Crippen molar-refractivity contribution in [2.24, 2.45) is 11.3 Å². The first-order valence-electron chi connectivity index (χ1n) is 7.25. The molecule has 0 bridgehead atoms. The summed E-state index contributed by atoms with van der Waals surface area (Å²) >= 11 is 0. The average Bonchev–Trinajstić information content (AvgIpc) is 2.49. The summed E-state index contributed by atoms with van der Waals surface area (Å²) in [6.45, 7) is 4.61. The van der Waals surface area contributed by atoms with E-state index < -0.39 is 0 Å². The third-order valence-corrected chi connectivity index (χ3v) is 4.14. The van der Waals surface area contributed by atoms with Gasteiger partial charge in [0.1, 0.15) is 6.61 Å². The predicted molar refractivity (Wildman–Crippen MR) is 77.6 cm³/mol. The van der Waals surface area contributed by atoms with Gasteiger partial charge in [0.2, 0.25) is 5.91 Å². The molecule has 3 rings (SSSR count). The number of carbonyl (C=O) groups excluding carboxylic acids is 1. The van der Waals surface area contributed by atoms with E-state index >= 15 is 0 Å². The standard InChI is InChI=1S/C16H21NO4/c1-16(9-20-10-16)8-17-15(18)12-6-11-4-3-5-13(19-2)14(11)21-7-12/h3-5,12H,6-10H2,1-2H3,(H,17,18)/t12-/m0/s1. The average molecular weight is 291 g/mol. The van der Waals surface area contributed by atoms with Gasteiger partial charge in [-0.2, -0.15) is 0 Å². The molecule has 0 radical (unpaired) electrons. The van der Waals surface area contributed by atoms with Crippen molar-refractivity contribution < 1.29 is 19.0 Å². The Labute approximate surface area is 124 Å². The maximum absolute atomic E-state index is 12.3. The largest absolute Gasteiger partial charge is 0.493 e. The van der Waals surface area contributed by atoms with E-state index in [1.807, 2.05) is 18.2 Å². The highest BCUT2D eigenvalue weighted by Crippen LogP contribution is 2.36. The molecule has 1 amide bonds. The van der Waals surface area contributed by atoms with Crippen LogP contribution in [0.1, 0.15) is 12.5 Å². The Kier molecular flexibility index (Phi) is 3.76. The molecule has 2 aliphatic heterocycles. The van der Waals surface area contributed by atoms with Crippen molar-refractivity contribution >= 4 is 5.91 Å². The molecule has 1 atom stereocenters. The van der Waals surface area contributed by atoms with E-state index in [1.54, 1.807) is 7.11 Å². The smallest absolute Gasteiger partial charge is 0.226 e. The van der Waals surface area contributed by atoms with E-state index in [1.165, 1.54) is 0 Å². The van der Waals surface area contributed by atoms with Crippen LogP contribution in [0.5, 0.6) is 11.5 Å². The number of rotatable bonds is 4. The molecule has 5 heteroatoms. The molecule has 5 nitrogen and oxygen atoms in total. The highest BCUT2D eigenvalue weighted by Gasteiger charge is 2.35. The number of hydrogen-bond donors (Lipinski definition) is 1. The normalized spacial score (nSPS) is 22.5. The molecule has 1 N–H and O–H groups in total. The van der Waals surface area contributed by atoms with Gasteiger partial charge in [0.05, 0.1) is 26.2 Å². The SMILES string of the molecule is COc1cccc2c1OC[C@@H](C(=O)NCC1(C)COC1)C2. The number of amides is 1. The number of fused-ring (bicyclic) bond motifs is 1. The zero-order valence-corrected chi connectivity index (χ0v) is 12.5. The van der Waals surface area contributed by atoms with Crippen LogP contribution in [0.25, 0.3) is 0 Å². The van der Waals surface area contributed by atoms with Crippen molar-refractivity contribution in [3.8, 4) is 11.5 Å². The molecule has 2 heterocycles. The molecule has 0 aromatic heterocycles. The molecule has 1 aromatic rings. The van der Waals surface area contributed by atoms with Crippen LogP contribution in [0.15, 0.2) is 18.2 Å². The van der Waals surface area contributed by atoms with E-state index in [9.17, 15) is 4.79 Å². The lowest BCUT2D eigenvalue weighted by atomic mass is 9.88. The van der Waals surface area contributed by atoms with Gasteiger partial charge in [-0.05, 0) is 18.1 Å². The first-order chi connectivity index (χ1) is 10.1. The van der Waals surface area contributed by atoms with Crippen LogP contribution in [0.4, 0.5) is 0 Å². The molecule has 1 aromatic carbocycles. The van der Waals surface area contributed by atoms with Crippen LogP contribution in [0.2, 0.25) is 0 Å². The minimum absolute atomic E-state index is 0.0524. The number of benzene rings is 1. The van der Waals surface area contributed by atoms with Crippen molar-refractivity contribution in [2.45, 2.75) is 13.3 Å². The summed E-state index contributed by atoms with van der Waals surface area (Å²) in [4.78, 5) is 12.3. The lowest BCUT2D eigenvalue weighted by Gasteiger charge is -2.38. The predicted octanol–water partition coefficient (Wildman–Crippen LogP) is 1.40. The minimum atomic E-state index is -0.144. The van der Waals surface area contributed by atoms with Gasteiger partial charge < -0.3 is 19.5 Å². The van der Waals surface area contributed by atoms with E-state index in [-0.39, 0.29) is 17.2 Å². The Hall–Kier alpha value is -1.75. The number of nitrogens with one attached hydrogen (secondary N) is 1. The van der Waals surface area contributed by atoms with E-state index in [0.29, 0.717) is 32.8 Å². The Morgan fingerprint density at radius 3 is 2.95 bits per heavy atom. The van der Waals surface area contributed by atoms with Crippen LogP contribution < -0.4 is 14.8 Å². The zero-order valence-electron chi connectivity index (χ0n) is 12.5. The van der Waals surface area contributed by atoms with Crippen LogP contribution in [0, 0.1) is 11.3 Å². The molecule has 0 spiro atoms. The fourth-order valence-corrected chi connectivity index (χ4v) is 2.72. The van der Waals surface area contributed by atoms with E-state index in [0.717, 1.165) is 17.1 Å². The van der Waals surface area contributed by atoms with Crippen molar-refractivity contribution in [1.29, 1.82) is 0 Å². The Morgan fingerprint density at radius 1 is 1.48 bits per heavy atom. The summed E-state index contributed by atoms with van der Waals surface area (Å²) in [7, 11) is 1.62. The first kappa shape index (κ1) is 14.2.